The Hall–Kier alpha value is -2.15. The Kier molecular flexibility index (Phi) is 3.03. The molecular formula is C18H15F3N2O4. The van der Waals surface area contributed by atoms with Gasteiger partial charge in [0.1, 0.15) is 11.8 Å². The molecule has 0 aliphatic carbocycles. The molecule has 4 saturated heterocycles. The summed E-state index contributed by atoms with van der Waals surface area (Å²) in [6, 6.07) is 4.73. The van der Waals surface area contributed by atoms with Gasteiger partial charge < -0.3 is 14.6 Å². The van der Waals surface area contributed by atoms with Gasteiger partial charge in [0, 0.05) is 12.1 Å². The minimum Gasteiger partial charge on any atom is -0.390 e. The van der Waals surface area contributed by atoms with Gasteiger partial charge in [0.2, 0.25) is 5.91 Å². The first-order valence-electron chi connectivity index (χ1n) is 8.57. The molecule has 142 valence electrons. The number of anilines is 1. The Morgan fingerprint density at radius 2 is 2.15 bits per heavy atom. The summed E-state index contributed by atoms with van der Waals surface area (Å²) in [4.78, 5) is 14.4. The van der Waals surface area contributed by atoms with Crippen molar-refractivity contribution < 1.29 is 32.5 Å². The maximum atomic E-state index is 13.3. The topological polar surface area (TPSA) is 82.8 Å². The van der Waals surface area contributed by atoms with E-state index in [1.165, 1.54) is 17.0 Å². The van der Waals surface area contributed by atoms with Crippen LogP contribution in [-0.4, -0.2) is 41.2 Å². The molecule has 6 nitrogen and oxygen atoms in total. The van der Waals surface area contributed by atoms with Crippen LogP contribution in [-0.2, 0) is 20.4 Å². The quantitative estimate of drug-likeness (QED) is 0.804. The molecule has 1 N–H and O–H groups in total. The van der Waals surface area contributed by atoms with E-state index in [1.54, 1.807) is 6.92 Å². The summed E-state index contributed by atoms with van der Waals surface area (Å²) in [5, 5.41) is 19.4. The SMILES string of the molecule is CC12C[C@@H](O)C3(CO[C@@H]4C3[C@H]1C(=O)N4c1ccc(C#N)c(C(F)(F)F)c1)O2. The summed E-state index contributed by atoms with van der Waals surface area (Å²) in [5.74, 6) is -1.40. The smallest absolute Gasteiger partial charge is 0.390 e. The Labute approximate surface area is 152 Å². The molecule has 1 amide bonds. The van der Waals surface area contributed by atoms with Gasteiger partial charge in [-0.3, -0.25) is 9.69 Å². The lowest BCUT2D eigenvalue weighted by Crippen LogP contribution is -2.49. The van der Waals surface area contributed by atoms with Gasteiger partial charge in [-0.2, -0.15) is 18.4 Å². The second-order valence-corrected chi connectivity index (χ2v) is 7.84. The standard InChI is InChI=1S/C18H15F3N2O4/c1-16-5-11(24)17(27-16)7-26-15-13(17)12(16)14(25)23(15)9-3-2-8(6-22)10(4-9)18(19,20)21/h2-4,11-13,15,24H,5,7H2,1H3/t11-,12+,13?,15-,16?,17?/m1/s1. The van der Waals surface area contributed by atoms with Crippen molar-refractivity contribution in [2.75, 3.05) is 11.5 Å². The van der Waals surface area contributed by atoms with E-state index in [-0.39, 0.29) is 24.6 Å². The molecule has 0 aromatic heterocycles. The highest BCUT2D eigenvalue weighted by Gasteiger charge is 2.80. The zero-order chi connectivity index (χ0) is 19.4. The summed E-state index contributed by atoms with van der Waals surface area (Å²) in [7, 11) is 0. The van der Waals surface area contributed by atoms with E-state index in [4.69, 9.17) is 14.7 Å². The lowest BCUT2D eigenvalue weighted by Gasteiger charge is -2.31. The van der Waals surface area contributed by atoms with Gasteiger partial charge in [0.05, 0.1) is 47.3 Å². The predicted octanol–water partition coefficient (Wildman–Crippen LogP) is 1.80. The molecule has 4 aliphatic heterocycles. The number of carbonyl (C=O) groups is 1. The number of hydrogen-bond donors (Lipinski definition) is 1. The van der Waals surface area contributed by atoms with E-state index in [0.717, 1.165) is 12.1 Å². The minimum absolute atomic E-state index is 0.0280. The van der Waals surface area contributed by atoms with Crippen LogP contribution in [0.4, 0.5) is 18.9 Å². The van der Waals surface area contributed by atoms with Crippen LogP contribution in [0.1, 0.15) is 24.5 Å². The van der Waals surface area contributed by atoms with Crippen molar-refractivity contribution in [3.05, 3.63) is 29.3 Å². The van der Waals surface area contributed by atoms with Crippen molar-refractivity contribution in [2.24, 2.45) is 11.8 Å². The monoisotopic (exact) mass is 380 g/mol. The molecule has 6 atom stereocenters. The Morgan fingerprint density at radius 3 is 2.81 bits per heavy atom. The molecule has 0 radical (unpaired) electrons. The van der Waals surface area contributed by atoms with Gasteiger partial charge in [-0.25, -0.2) is 0 Å². The molecule has 4 aliphatic rings. The number of fused-ring (bicyclic) bond motifs is 2. The number of halogens is 3. The van der Waals surface area contributed by atoms with Gasteiger partial charge in [-0.05, 0) is 25.1 Å². The van der Waals surface area contributed by atoms with Crippen molar-refractivity contribution >= 4 is 11.6 Å². The largest absolute Gasteiger partial charge is 0.417 e. The molecule has 4 fully saturated rings. The van der Waals surface area contributed by atoms with Gasteiger partial charge in [0.15, 0.2) is 0 Å². The van der Waals surface area contributed by atoms with Crippen LogP contribution in [0.15, 0.2) is 18.2 Å². The second-order valence-electron chi connectivity index (χ2n) is 7.84. The van der Waals surface area contributed by atoms with Gasteiger partial charge >= 0.3 is 6.18 Å². The molecule has 4 heterocycles. The van der Waals surface area contributed by atoms with Crippen molar-refractivity contribution in [2.45, 2.75) is 43.1 Å². The summed E-state index contributed by atoms with van der Waals surface area (Å²) in [5.41, 5.74) is -3.43. The van der Waals surface area contributed by atoms with Crippen LogP contribution < -0.4 is 4.90 Å². The Balaban J connectivity index is 1.61. The maximum Gasteiger partial charge on any atom is 0.417 e. The molecule has 1 aromatic rings. The molecule has 3 unspecified atom stereocenters. The van der Waals surface area contributed by atoms with Crippen molar-refractivity contribution in [3.63, 3.8) is 0 Å². The van der Waals surface area contributed by atoms with E-state index in [0.29, 0.717) is 0 Å². The van der Waals surface area contributed by atoms with Crippen LogP contribution in [0.2, 0.25) is 0 Å². The first-order chi connectivity index (χ1) is 12.6. The van der Waals surface area contributed by atoms with Crippen LogP contribution in [0.5, 0.6) is 0 Å². The lowest BCUT2D eigenvalue weighted by atomic mass is 9.68. The first kappa shape index (κ1) is 17.0. The lowest BCUT2D eigenvalue weighted by molar-refractivity contribution is -0.138. The number of nitriles is 1. The van der Waals surface area contributed by atoms with Crippen molar-refractivity contribution in [3.8, 4) is 6.07 Å². The molecule has 1 aromatic carbocycles. The summed E-state index contributed by atoms with van der Waals surface area (Å²) in [6.45, 7) is 1.84. The predicted molar refractivity (Wildman–Crippen MR) is 83.2 cm³/mol. The number of carbonyl (C=O) groups excluding carboxylic acids is 1. The van der Waals surface area contributed by atoms with E-state index >= 15 is 0 Å². The minimum atomic E-state index is -4.72. The van der Waals surface area contributed by atoms with Gasteiger partial charge in [-0.1, -0.05) is 0 Å². The first-order valence-corrected chi connectivity index (χ1v) is 8.57. The van der Waals surface area contributed by atoms with Gasteiger partial charge in [0.25, 0.3) is 0 Å². The number of hydrogen-bond acceptors (Lipinski definition) is 5. The molecule has 1 spiro atoms. The van der Waals surface area contributed by atoms with Crippen LogP contribution in [0.25, 0.3) is 0 Å². The summed E-state index contributed by atoms with van der Waals surface area (Å²) in [6.07, 6.45) is -6.02. The van der Waals surface area contributed by atoms with Crippen molar-refractivity contribution in [1.29, 1.82) is 5.26 Å². The summed E-state index contributed by atoms with van der Waals surface area (Å²) >= 11 is 0. The second kappa shape index (κ2) is 4.82. The number of rotatable bonds is 1. The normalized spacial score (nSPS) is 41.9. The van der Waals surface area contributed by atoms with Gasteiger partial charge in [-0.15, -0.1) is 0 Å². The molecule has 2 bridgehead atoms. The number of ether oxygens (including phenoxy) is 2. The highest BCUT2D eigenvalue weighted by molar-refractivity contribution is 6.00. The molecule has 0 saturated carbocycles. The Bertz CT molecular complexity index is 913. The fourth-order valence-corrected chi connectivity index (χ4v) is 5.40. The van der Waals surface area contributed by atoms with Crippen LogP contribution >= 0.6 is 0 Å². The van der Waals surface area contributed by atoms with E-state index in [1.807, 2.05) is 0 Å². The average molecular weight is 380 g/mol. The highest BCUT2D eigenvalue weighted by Crippen LogP contribution is 2.65. The number of benzene rings is 1. The Morgan fingerprint density at radius 1 is 1.41 bits per heavy atom. The third kappa shape index (κ3) is 1.88. The van der Waals surface area contributed by atoms with E-state index in [9.17, 15) is 23.1 Å². The maximum absolute atomic E-state index is 13.3. The third-order valence-electron chi connectivity index (χ3n) is 6.42. The van der Waals surface area contributed by atoms with Crippen LogP contribution in [0.3, 0.4) is 0 Å². The molecular weight excluding hydrogens is 365 g/mol. The van der Waals surface area contributed by atoms with E-state index in [2.05, 4.69) is 0 Å². The number of nitrogens with zero attached hydrogens (tertiary/aromatic N) is 2. The van der Waals surface area contributed by atoms with E-state index < -0.39 is 52.7 Å². The zero-order valence-electron chi connectivity index (χ0n) is 14.2. The fourth-order valence-electron chi connectivity index (χ4n) is 5.40. The summed E-state index contributed by atoms with van der Waals surface area (Å²) < 4.78 is 51.8. The molecule has 27 heavy (non-hydrogen) atoms. The zero-order valence-corrected chi connectivity index (χ0v) is 14.2. The number of aliphatic hydroxyl groups is 1. The highest BCUT2D eigenvalue weighted by atomic mass is 19.4. The third-order valence-corrected chi connectivity index (χ3v) is 6.42. The number of alkyl halides is 3. The molecule has 5 rings (SSSR count). The van der Waals surface area contributed by atoms with Crippen LogP contribution in [0, 0.1) is 23.2 Å². The number of aliphatic hydroxyl groups excluding tert-OH is 1. The number of amides is 1. The van der Waals surface area contributed by atoms with Crippen molar-refractivity contribution in [1.82, 2.24) is 0 Å². The molecule has 9 heteroatoms. The fraction of sp³-hybridized carbons (Fsp3) is 0.556. The average Bonchev–Trinajstić information content (AvgIpc) is 3.24.